The van der Waals surface area contributed by atoms with Gasteiger partial charge < -0.3 is 10.6 Å². The molecule has 2 atom stereocenters. The molecule has 2 aromatic heterocycles. The first kappa shape index (κ1) is 23.8. The summed E-state index contributed by atoms with van der Waals surface area (Å²) in [7, 11) is 1.85. The van der Waals surface area contributed by atoms with E-state index in [2.05, 4.69) is 20.7 Å². The number of anilines is 1. The molecule has 8 heteroatoms. The lowest BCUT2D eigenvalue weighted by Crippen LogP contribution is -2.35. The number of nitrogens with zero attached hydrogens (tertiary/aromatic N) is 4. The first-order chi connectivity index (χ1) is 16.9. The van der Waals surface area contributed by atoms with Gasteiger partial charge in [-0.25, -0.2) is 9.37 Å². The van der Waals surface area contributed by atoms with Crippen LogP contribution in [0.15, 0.2) is 79.3 Å². The van der Waals surface area contributed by atoms with E-state index in [1.807, 2.05) is 62.6 Å². The molecule has 1 unspecified atom stereocenters. The van der Waals surface area contributed by atoms with Gasteiger partial charge in [0.1, 0.15) is 17.7 Å². The van der Waals surface area contributed by atoms with Gasteiger partial charge in [-0.15, -0.1) is 0 Å². The Kier molecular flexibility index (Phi) is 7.29. The van der Waals surface area contributed by atoms with Crippen molar-refractivity contribution >= 4 is 11.7 Å². The second kappa shape index (κ2) is 10.7. The van der Waals surface area contributed by atoms with Crippen molar-refractivity contribution in [3.63, 3.8) is 0 Å². The first-order valence-electron chi connectivity index (χ1n) is 11.2. The van der Waals surface area contributed by atoms with Crippen molar-refractivity contribution in [1.29, 1.82) is 5.26 Å². The van der Waals surface area contributed by atoms with Gasteiger partial charge in [0.15, 0.2) is 0 Å². The van der Waals surface area contributed by atoms with Gasteiger partial charge in [-0.1, -0.05) is 43.3 Å². The number of nitriles is 1. The second-order valence-electron chi connectivity index (χ2n) is 8.33. The van der Waals surface area contributed by atoms with Crippen LogP contribution in [0.2, 0.25) is 0 Å². The van der Waals surface area contributed by atoms with Crippen LogP contribution in [0.3, 0.4) is 0 Å². The van der Waals surface area contributed by atoms with Gasteiger partial charge in [0.05, 0.1) is 17.8 Å². The lowest BCUT2D eigenvalue weighted by Gasteiger charge is -2.21. The number of pyridine rings is 1. The van der Waals surface area contributed by atoms with Crippen molar-refractivity contribution in [3.05, 3.63) is 102 Å². The summed E-state index contributed by atoms with van der Waals surface area (Å²) in [6.45, 7) is 2.22. The Morgan fingerprint density at radius 1 is 1.11 bits per heavy atom. The molecule has 0 aliphatic rings. The van der Waals surface area contributed by atoms with Crippen LogP contribution in [0.5, 0.6) is 0 Å². The average Bonchev–Trinajstić information content (AvgIpc) is 3.31. The first-order valence-corrected chi connectivity index (χ1v) is 11.2. The number of aromatic nitrogens is 3. The smallest absolute Gasteiger partial charge is 0.247 e. The van der Waals surface area contributed by atoms with E-state index < -0.39 is 11.9 Å². The number of amides is 1. The van der Waals surface area contributed by atoms with E-state index in [-0.39, 0.29) is 17.4 Å². The fourth-order valence-electron chi connectivity index (χ4n) is 3.82. The van der Waals surface area contributed by atoms with Crippen LogP contribution in [0.25, 0.3) is 11.1 Å². The SMILES string of the molecule is C[C@@H](CNC(C(=O)Nc1ccc(-c2cnn(C)c2)cn1)c1ccccc1)c1ccc(C#N)cc1F. The average molecular weight is 469 g/mol. The van der Waals surface area contributed by atoms with E-state index >= 15 is 0 Å². The molecule has 0 saturated heterocycles. The maximum absolute atomic E-state index is 14.5. The van der Waals surface area contributed by atoms with Crippen LogP contribution >= 0.6 is 0 Å². The molecule has 0 bridgehead atoms. The Morgan fingerprint density at radius 3 is 2.54 bits per heavy atom. The maximum Gasteiger partial charge on any atom is 0.247 e. The molecule has 176 valence electrons. The Labute approximate surface area is 203 Å². The number of benzene rings is 2. The zero-order valence-electron chi connectivity index (χ0n) is 19.4. The van der Waals surface area contributed by atoms with Crippen LogP contribution in [-0.2, 0) is 11.8 Å². The molecule has 2 heterocycles. The molecule has 0 aliphatic carbocycles. The van der Waals surface area contributed by atoms with Crippen molar-refractivity contribution in [3.8, 4) is 17.2 Å². The molecule has 7 nitrogen and oxygen atoms in total. The van der Waals surface area contributed by atoms with E-state index in [1.165, 1.54) is 6.07 Å². The standard InChI is InChI=1S/C27H25FN6O/c1-18(23-10-8-19(13-29)12-24(23)28)14-31-26(20-6-4-3-5-7-20)27(35)33-25-11-9-21(15-30-25)22-16-32-34(2)17-22/h3-12,15-18,26,31H,14H2,1-2H3,(H,30,33,35)/t18-,26?/m0/s1. The van der Waals surface area contributed by atoms with E-state index in [4.69, 9.17) is 5.26 Å². The molecule has 0 saturated carbocycles. The molecule has 0 aliphatic heterocycles. The minimum atomic E-state index is -0.667. The molecule has 0 spiro atoms. The highest BCUT2D eigenvalue weighted by Gasteiger charge is 2.22. The van der Waals surface area contributed by atoms with Gasteiger partial charge in [0.25, 0.3) is 0 Å². The number of halogens is 1. The zero-order chi connectivity index (χ0) is 24.8. The summed E-state index contributed by atoms with van der Waals surface area (Å²) in [5.74, 6) is -0.502. The predicted octanol–water partition coefficient (Wildman–Crippen LogP) is 4.57. The highest BCUT2D eigenvalue weighted by Crippen LogP contribution is 2.23. The van der Waals surface area contributed by atoms with E-state index in [0.717, 1.165) is 16.7 Å². The van der Waals surface area contributed by atoms with Crippen LogP contribution in [0.4, 0.5) is 10.2 Å². The number of hydrogen-bond donors (Lipinski definition) is 2. The molecule has 4 aromatic rings. The molecule has 2 N–H and O–H groups in total. The van der Waals surface area contributed by atoms with E-state index in [9.17, 15) is 9.18 Å². The molecule has 0 radical (unpaired) electrons. The van der Waals surface area contributed by atoms with E-state index in [1.54, 1.807) is 35.3 Å². The largest absolute Gasteiger partial charge is 0.309 e. The minimum absolute atomic E-state index is 0.223. The normalized spacial score (nSPS) is 12.5. The number of aryl methyl sites for hydroxylation is 1. The van der Waals surface area contributed by atoms with Crippen molar-refractivity contribution in [1.82, 2.24) is 20.1 Å². The fourth-order valence-corrected chi connectivity index (χ4v) is 3.82. The van der Waals surface area contributed by atoms with Crippen molar-refractivity contribution in [2.24, 2.45) is 7.05 Å². The third kappa shape index (κ3) is 5.78. The molecule has 0 fully saturated rings. The maximum atomic E-state index is 14.5. The number of hydrogen-bond acceptors (Lipinski definition) is 5. The van der Waals surface area contributed by atoms with Crippen LogP contribution in [0, 0.1) is 17.1 Å². The van der Waals surface area contributed by atoms with Gasteiger partial charge in [0, 0.05) is 37.1 Å². The zero-order valence-corrected chi connectivity index (χ0v) is 19.4. The Balaban J connectivity index is 1.48. The number of carbonyl (C=O) groups is 1. The monoisotopic (exact) mass is 468 g/mol. The van der Waals surface area contributed by atoms with E-state index in [0.29, 0.717) is 17.9 Å². The Morgan fingerprint density at radius 2 is 1.91 bits per heavy atom. The predicted molar refractivity (Wildman–Crippen MR) is 132 cm³/mol. The molecule has 1 amide bonds. The summed E-state index contributed by atoms with van der Waals surface area (Å²) in [4.78, 5) is 17.6. The number of carbonyl (C=O) groups excluding carboxylic acids is 1. The third-order valence-corrected chi connectivity index (χ3v) is 5.74. The molecular weight excluding hydrogens is 443 g/mol. The molecule has 35 heavy (non-hydrogen) atoms. The van der Waals surface area contributed by atoms with Crippen LogP contribution in [0.1, 0.15) is 35.6 Å². The second-order valence-corrected chi connectivity index (χ2v) is 8.33. The van der Waals surface area contributed by atoms with Crippen LogP contribution < -0.4 is 10.6 Å². The topological polar surface area (TPSA) is 95.6 Å². The minimum Gasteiger partial charge on any atom is -0.309 e. The summed E-state index contributed by atoms with van der Waals surface area (Å²) in [5.41, 5.74) is 3.37. The summed E-state index contributed by atoms with van der Waals surface area (Å²) in [6, 6.07) is 18.7. The molecule has 2 aromatic carbocycles. The Hall–Kier alpha value is -4.35. The van der Waals surface area contributed by atoms with Crippen molar-refractivity contribution < 1.29 is 9.18 Å². The summed E-state index contributed by atoms with van der Waals surface area (Å²) in [5, 5.41) is 19.3. The van der Waals surface area contributed by atoms with Crippen molar-refractivity contribution in [2.45, 2.75) is 18.9 Å². The van der Waals surface area contributed by atoms with Gasteiger partial charge in [-0.05, 0) is 41.3 Å². The van der Waals surface area contributed by atoms with Crippen molar-refractivity contribution in [2.75, 3.05) is 11.9 Å². The summed E-state index contributed by atoms with van der Waals surface area (Å²) in [6.07, 6.45) is 5.33. The lowest BCUT2D eigenvalue weighted by molar-refractivity contribution is -0.118. The van der Waals surface area contributed by atoms with Gasteiger partial charge in [-0.2, -0.15) is 10.4 Å². The van der Waals surface area contributed by atoms with Gasteiger partial charge >= 0.3 is 0 Å². The molecular formula is C27H25FN6O. The summed E-state index contributed by atoms with van der Waals surface area (Å²) < 4.78 is 16.2. The highest BCUT2D eigenvalue weighted by molar-refractivity contribution is 5.95. The van der Waals surface area contributed by atoms with Gasteiger partial charge in [0.2, 0.25) is 5.91 Å². The highest BCUT2D eigenvalue weighted by atomic mass is 19.1. The number of rotatable bonds is 8. The fraction of sp³-hybridized carbons (Fsp3) is 0.185. The summed E-state index contributed by atoms with van der Waals surface area (Å²) >= 11 is 0. The molecule has 4 rings (SSSR count). The number of nitrogens with one attached hydrogen (secondary N) is 2. The quantitative estimate of drug-likeness (QED) is 0.395. The van der Waals surface area contributed by atoms with Crippen LogP contribution in [-0.4, -0.2) is 27.2 Å². The van der Waals surface area contributed by atoms with Gasteiger partial charge in [-0.3, -0.25) is 9.48 Å². The Bertz CT molecular complexity index is 1340. The third-order valence-electron chi connectivity index (χ3n) is 5.74. The lowest BCUT2D eigenvalue weighted by atomic mass is 9.98.